The number of carbonyl (C=O) groups is 1. The van der Waals surface area contributed by atoms with Gasteiger partial charge in [0.15, 0.2) is 0 Å². The highest BCUT2D eigenvalue weighted by molar-refractivity contribution is 5.14. The van der Waals surface area contributed by atoms with Crippen molar-refractivity contribution in [1.82, 2.24) is 0 Å². The van der Waals surface area contributed by atoms with Crippen LogP contribution in [0.5, 0.6) is 0 Å². The maximum Gasteiger partial charge on any atom is 0.106 e. The van der Waals surface area contributed by atoms with Crippen molar-refractivity contribution >= 4 is 6.79 Å². The van der Waals surface area contributed by atoms with Gasteiger partial charge in [0.25, 0.3) is 0 Å². The molecule has 1 aromatic rings. The molecule has 0 bridgehead atoms. The Morgan fingerprint density at radius 2 is 1.69 bits per heavy atom. The van der Waals surface area contributed by atoms with Crippen molar-refractivity contribution in [2.45, 2.75) is 32.6 Å². The van der Waals surface area contributed by atoms with E-state index in [-0.39, 0.29) is 0 Å². The maximum atomic E-state index is 8.00. The molecule has 0 aliphatic heterocycles. The first-order valence-electron chi connectivity index (χ1n) is 4.76. The minimum absolute atomic E-state index is 1.24. The second-order valence-electron chi connectivity index (χ2n) is 2.94. The standard InChI is InChI=1S/C11H16.CH2O/c1-2-3-5-8-11-9-6-4-7-10-11;1-2/h4,6-7,9-10H,2-3,5,8H2,1H3;1H2. The molecule has 0 spiro atoms. The molecule has 0 atom stereocenters. The van der Waals surface area contributed by atoms with E-state index in [1.807, 2.05) is 6.79 Å². The Bertz CT molecular complexity index is 194. The molecule has 0 saturated heterocycles. The second kappa shape index (κ2) is 8.98. The van der Waals surface area contributed by atoms with E-state index in [0.717, 1.165) is 0 Å². The van der Waals surface area contributed by atoms with E-state index >= 15 is 0 Å². The summed E-state index contributed by atoms with van der Waals surface area (Å²) in [6, 6.07) is 10.7. The van der Waals surface area contributed by atoms with Gasteiger partial charge in [-0.15, -0.1) is 0 Å². The summed E-state index contributed by atoms with van der Waals surface area (Å²) in [5.41, 5.74) is 1.47. The highest BCUT2D eigenvalue weighted by Gasteiger charge is 1.89. The molecule has 1 aromatic carbocycles. The molecule has 1 rings (SSSR count). The van der Waals surface area contributed by atoms with Crippen LogP contribution in [0.2, 0.25) is 0 Å². The number of benzene rings is 1. The fraction of sp³-hybridized carbons (Fsp3) is 0.417. The summed E-state index contributed by atoms with van der Waals surface area (Å²) >= 11 is 0. The predicted molar refractivity (Wildman–Crippen MR) is 56.8 cm³/mol. The second-order valence-corrected chi connectivity index (χ2v) is 2.94. The summed E-state index contributed by atoms with van der Waals surface area (Å²) in [5, 5.41) is 0. The number of aryl methyl sites for hydroxylation is 1. The Balaban J connectivity index is 0.000000671. The normalized spacial score (nSPS) is 8.69. The molecule has 1 heteroatoms. The predicted octanol–water partition coefficient (Wildman–Crippen LogP) is 3.23. The monoisotopic (exact) mass is 178 g/mol. The molecule has 0 amide bonds. The average molecular weight is 178 g/mol. The first-order chi connectivity index (χ1) is 6.43. The third-order valence-corrected chi connectivity index (χ3v) is 1.91. The Labute approximate surface area is 80.8 Å². The minimum Gasteiger partial charge on any atom is -0.307 e. The van der Waals surface area contributed by atoms with Crippen molar-refractivity contribution in [2.75, 3.05) is 0 Å². The van der Waals surface area contributed by atoms with E-state index in [4.69, 9.17) is 4.79 Å². The van der Waals surface area contributed by atoms with Gasteiger partial charge >= 0.3 is 0 Å². The molecule has 1 nitrogen and oxygen atoms in total. The van der Waals surface area contributed by atoms with E-state index in [9.17, 15) is 0 Å². The molecule has 0 aliphatic rings. The van der Waals surface area contributed by atoms with Gasteiger partial charge in [0, 0.05) is 0 Å². The van der Waals surface area contributed by atoms with Gasteiger partial charge in [0.05, 0.1) is 0 Å². The zero-order valence-corrected chi connectivity index (χ0v) is 8.33. The van der Waals surface area contributed by atoms with E-state index < -0.39 is 0 Å². The van der Waals surface area contributed by atoms with Crippen LogP contribution in [0, 0.1) is 0 Å². The first-order valence-corrected chi connectivity index (χ1v) is 4.76. The molecule has 0 radical (unpaired) electrons. The summed E-state index contributed by atoms with van der Waals surface area (Å²) in [4.78, 5) is 8.00. The van der Waals surface area contributed by atoms with Gasteiger partial charge in [-0.25, -0.2) is 0 Å². The first kappa shape index (κ1) is 11.9. The topological polar surface area (TPSA) is 17.1 Å². The molecule has 0 N–H and O–H groups in total. The SMILES string of the molecule is C=O.CCCCCc1ccccc1. The summed E-state index contributed by atoms with van der Waals surface area (Å²) in [5.74, 6) is 0. The van der Waals surface area contributed by atoms with Crippen molar-refractivity contribution in [2.24, 2.45) is 0 Å². The molecule has 0 heterocycles. The zero-order valence-electron chi connectivity index (χ0n) is 8.33. The molecule has 13 heavy (non-hydrogen) atoms. The lowest BCUT2D eigenvalue weighted by Gasteiger charge is -1.98. The van der Waals surface area contributed by atoms with Crippen LogP contribution in [-0.2, 0) is 11.2 Å². The van der Waals surface area contributed by atoms with Crippen LogP contribution in [0.25, 0.3) is 0 Å². The molecule has 0 saturated carbocycles. The van der Waals surface area contributed by atoms with Crippen LogP contribution in [0.1, 0.15) is 31.7 Å². The Morgan fingerprint density at radius 3 is 2.23 bits per heavy atom. The van der Waals surface area contributed by atoms with Gasteiger partial charge in [-0.05, 0) is 18.4 Å². The minimum atomic E-state index is 1.24. The number of unbranched alkanes of at least 4 members (excludes halogenated alkanes) is 2. The highest BCUT2D eigenvalue weighted by Crippen LogP contribution is 2.05. The van der Waals surface area contributed by atoms with E-state index in [0.29, 0.717) is 0 Å². The van der Waals surface area contributed by atoms with Crippen molar-refractivity contribution in [3.05, 3.63) is 35.9 Å². The van der Waals surface area contributed by atoms with Gasteiger partial charge in [0.1, 0.15) is 6.79 Å². The smallest absolute Gasteiger partial charge is 0.106 e. The number of rotatable bonds is 4. The summed E-state index contributed by atoms with van der Waals surface area (Å²) in [7, 11) is 0. The van der Waals surface area contributed by atoms with Gasteiger partial charge < -0.3 is 4.79 Å². The Hall–Kier alpha value is -1.11. The largest absolute Gasteiger partial charge is 0.307 e. The maximum absolute atomic E-state index is 8.00. The lowest BCUT2D eigenvalue weighted by Crippen LogP contribution is -1.83. The van der Waals surface area contributed by atoms with Gasteiger partial charge in [-0.1, -0.05) is 50.1 Å². The number of carbonyl (C=O) groups excluding carboxylic acids is 1. The zero-order chi connectivity index (χ0) is 9.94. The van der Waals surface area contributed by atoms with Crippen LogP contribution in [0.4, 0.5) is 0 Å². The quantitative estimate of drug-likeness (QED) is 0.647. The molecule has 0 unspecified atom stereocenters. The third kappa shape index (κ3) is 6.09. The summed E-state index contributed by atoms with van der Waals surface area (Å²) in [6.07, 6.45) is 5.25. The fourth-order valence-corrected chi connectivity index (χ4v) is 1.22. The average Bonchev–Trinajstić information content (AvgIpc) is 2.23. The third-order valence-electron chi connectivity index (χ3n) is 1.91. The van der Waals surface area contributed by atoms with Gasteiger partial charge in [-0.3, -0.25) is 0 Å². The van der Waals surface area contributed by atoms with Crippen LogP contribution in [0.3, 0.4) is 0 Å². The van der Waals surface area contributed by atoms with Crippen molar-refractivity contribution in [1.29, 1.82) is 0 Å². The molecular formula is C12H18O. The van der Waals surface area contributed by atoms with Crippen molar-refractivity contribution in [3.63, 3.8) is 0 Å². The van der Waals surface area contributed by atoms with E-state index in [1.54, 1.807) is 0 Å². The highest BCUT2D eigenvalue weighted by atomic mass is 16.1. The van der Waals surface area contributed by atoms with Crippen LogP contribution in [0.15, 0.2) is 30.3 Å². The van der Waals surface area contributed by atoms with Gasteiger partial charge in [-0.2, -0.15) is 0 Å². The van der Waals surface area contributed by atoms with Crippen molar-refractivity contribution < 1.29 is 4.79 Å². The summed E-state index contributed by atoms with van der Waals surface area (Å²) in [6.45, 7) is 4.24. The number of hydrogen-bond donors (Lipinski definition) is 0. The van der Waals surface area contributed by atoms with Crippen LogP contribution < -0.4 is 0 Å². The molecule has 0 fully saturated rings. The fourth-order valence-electron chi connectivity index (χ4n) is 1.22. The van der Waals surface area contributed by atoms with Crippen molar-refractivity contribution in [3.8, 4) is 0 Å². The van der Waals surface area contributed by atoms with Crippen LogP contribution in [-0.4, -0.2) is 6.79 Å². The lowest BCUT2D eigenvalue weighted by molar-refractivity contribution is -0.0979. The van der Waals surface area contributed by atoms with Gasteiger partial charge in [0.2, 0.25) is 0 Å². The molecule has 0 aliphatic carbocycles. The molecule has 72 valence electrons. The summed E-state index contributed by atoms with van der Waals surface area (Å²) < 4.78 is 0. The molecular weight excluding hydrogens is 160 g/mol. The number of hydrogen-bond acceptors (Lipinski definition) is 1. The van der Waals surface area contributed by atoms with Crippen LogP contribution >= 0.6 is 0 Å². The van der Waals surface area contributed by atoms with E-state index in [1.165, 1.54) is 31.2 Å². The molecule has 0 aromatic heterocycles. The Morgan fingerprint density at radius 1 is 1.08 bits per heavy atom. The Kier molecular flexibility index (Phi) is 8.21. The van der Waals surface area contributed by atoms with E-state index in [2.05, 4.69) is 37.3 Å². The lowest BCUT2D eigenvalue weighted by atomic mass is 10.1.